The molecule has 86 valence electrons. The van der Waals surface area contributed by atoms with Crippen LogP contribution in [0.15, 0.2) is 35.7 Å². The standard InChI is InChI=1S/C14H12O2S/c15-14-6-3-10-8-11(4-5-13(10)14)16-9-12-2-1-7-17-12/h1-2,4-5,7-8H,3,6,9H2. The van der Waals surface area contributed by atoms with Gasteiger partial charge in [0.15, 0.2) is 5.78 Å². The highest BCUT2D eigenvalue weighted by Crippen LogP contribution is 2.26. The molecule has 1 aromatic heterocycles. The SMILES string of the molecule is O=C1CCc2cc(OCc3cccs3)ccc21. The highest BCUT2D eigenvalue weighted by atomic mass is 32.1. The lowest BCUT2D eigenvalue weighted by Gasteiger charge is -2.06. The normalized spacial score (nSPS) is 13.8. The topological polar surface area (TPSA) is 26.3 Å². The van der Waals surface area contributed by atoms with Crippen LogP contribution in [0.25, 0.3) is 0 Å². The molecule has 3 rings (SSSR count). The molecule has 1 aromatic carbocycles. The number of aryl methyl sites for hydroxylation is 1. The summed E-state index contributed by atoms with van der Waals surface area (Å²) in [5.41, 5.74) is 1.99. The van der Waals surface area contributed by atoms with E-state index < -0.39 is 0 Å². The third kappa shape index (κ3) is 2.11. The van der Waals surface area contributed by atoms with E-state index in [-0.39, 0.29) is 5.78 Å². The molecule has 0 unspecified atom stereocenters. The molecule has 0 radical (unpaired) electrons. The number of hydrogen-bond donors (Lipinski definition) is 0. The minimum atomic E-state index is 0.254. The third-order valence-electron chi connectivity index (χ3n) is 2.96. The smallest absolute Gasteiger partial charge is 0.163 e. The Morgan fingerprint density at radius 3 is 3.00 bits per heavy atom. The van der Waals surface area contributed by atoms with Gasteiger partial charge in [-0.2, -0.15) is 0 Å². The summed E-state index contributed by atoms with van der Waals surface area (Å²) in [6.45, 7) is 0.602. The molecule has 17 heavy (non-hydrogen) atoms. The zero-order valence-electron chi connectivity index (χ0n) is 9.31. The quantitative estimate of drug-likeness (QED) is 0.826. The second kappa shape index (κ2) is 4.34. The molecule has 2 aromatic rings. The Bertz CT molecular complexity index is 543. The van der Waals surface area contributed by atoms with Crippen LogP contribution >= 0.6 is 11.3 Å². The number of fused-ring (bicyclic) bond motifs is 1. The van der Waals surface area contributed by atoms with Crippen molar-refractivity contribution in [3.05, 3.63) is 51.7 Å². The van der Waals surface area contributed by atoms with Crippen LogP contribution in [0.3, 0.4) is 0 Å². The summed E-state index contributed by atoms with van der Waals surface area (Å²) < 4.78 is 5.71. The molecular weight excluding hydrogens is 232 g/mol. The van der Waals surface area contributed by atoms with Crippen LogP contribution in [0.5, 0.6) is 5.75 Å². The summed E-state index contributed by atoms with van der Waals surface area (Å²) in [6, 6.07) is 9.84. The number of Topliss-reactive ketones (excluding diaryl/α,β-unsaturated/α-hetero) is 1. The number of carbonyl (C=O) groups is 1. The van der Waals surface area contributed by atoms with Crippen LogP contribution in [0.1, 0.15) is 27.2 Å². The summed E-state index contributed by atoms with van der Waals surface area (Å²) >= 11 is 1.69. The molecule has 3 heteroatoms. The van der Waals surface area contributed by atoms with Crippen molar-refractivity contribution < 1.29 is 9.53 Å². The van der Waals surface area contributed by atoms with Crippen LogP contribution in [-0.4, -0.2) is 5.78 Å². The Balaban J connectivity index is 1.74. The third-order valence-corrected chi connectivity index (χ3v) is 3.81. The Morgan fingerprint density at radius 1 is 1.24 bits per heavy atom. The Morgan fingerprint density at radius 2 is 2.18 bits per heavy atom. The highest BCUT2D eigenvalue weighted by molar-refractivity contribution is 7.09. The highest BCUT2D eigenvalue weighted by Gasteiger charge is 2.19. The van der Waals surface area contributed by atoms with Crippen molar-refractivity contribution >= 4 is 17.1 Å². The van der Waals surface area contributed by atoms with Gasteiger partial charge in [0.05, 0.1) is 0 Å². The van der Waals surface area contributed by atoms with Gasteiger partial charge in [-0.25, -0.2) is 0 Å². The van der Waals surface area contributed by atoms with Crippen LogP contribution in [0, 0.1) is 0 Å². The van der Waals surface area contributed by atoms with E-state index in [4.69, 9.17) is 4.74 Å². The summed E-state index contributed by atoms with van der Waals surface area (Å²) in [7, 11) is 0. The Hall–Kier alpha value is -1.61. The van der Waals surface area contributed by atoms with Gasteiger partial charge in [-0.15, -0.1) is 11.3 Å². The maximum Gasteiger partial charge on any atom is 0.163 e. The van der Waals surface area contributed by atoms with Gasteiger partial charge in [0.2, 0.25) is 0 Å². The molecule has 0 bridgehead atoms. The average molecular weight is 244 g/mol. The molecule has 0 amide bonds. The fourth-order valence-corrected chi connectivity index (χ4v) is 2.69. The van der Waals surface area contributed by atoms with Gasteiger partial charge in [-0.3, -0.25) is 4.79 Å². The number of benzene rings is 1. The van der Waals surface area contributed by atoms with Gasteiger partial charge < -0.3 is 4.74 Å². The lowest BCUT2D eigenvalue weighted by atomic mass is 10.1. The first-order valence-electron chi connectivity index (χ1n) is 5.64. The van der Waals surface area contributed by atoms with Crippen LogP contribution in [0.2, 0.25) is 0 Å². The van der Waals surface area contributed by atoms with E-state index in [1.807, 2.05) is 29.6 Å². The minimum absolute atomic E-state index is 0.254. The van der Waals surface area contributed by atoms with Crippen molar-refractivity contribution in [3.8, 4) is 5.75 Å². The summed E-state index contributed by atoms with van der Waals surface area (Å²) in [5, 5.41) is 2.04. The lowest BCUT2D eigenvalue weighted by Crippen LogP contribution is -1.95. The number of thiophene rings is 1. The van der Waals surface area contributed by atoms with Crippen molar-refractivity contribution in [2.45, 2.75) is 19.4 Å². The van der Waals surface area contributed by atoms with E-state index >= 15 is 0 Å². The maximum atomic E-state index is 11.5. The van der Waals surface area contributed by atoms with E-state index in [0.717, 1.165) is 23.3 Å². The van der Waals surface area contributed by atoms with E-state index in [1.54, 1.807) is 11.3 Å². The van der Waals surface area contributed by atoms with Gasteiger partial charge in [-0.1, -0.05) is 6.07 Å². The fraction of sp³-hybridized carbons (Fsp3) is 0.214. The molecule has 1 heterocycles. The minimum Gasteiger partial charge on any atom is -0.488 e. The molecule has 0 saturated heterocycles. The fourth-order valence-electron chi connectivity index (χ4n) is 2.07. The van der Waals surface area contributed by atoms with Crippen molar-refractivity contribution in [2.24, 2.45) is 0 Å². The van der Waals surface area contributed by atoms with Crippen molar-refractivity contribution in [1.29, 1.82) is 0 Å². The number of carbonyl (C=O) groups excluding carboxylic acids is 1. The summed E-state index contributed by atoms with van der Waals surface area (Å²) in [5.74, 6) is 1.11. The zero-order chi connectivity index (χ0) is 11.7. The predicted molar refractivity (Wildman–Crippen MR) is 67.7 cm³/mol. The second-order valence-electron chi connectivity index (χ2n) is 4.11. The summed E-state index contributed by atoms with van der Waals surface area (Å²) in [4.78, 5) is 12.7. The molecule has 2 nitrogen and oxygen atoms in total. The molecule has 0 spiro atoms. The molecule has 1 aliphatic carbocycles. The first kappa shape index (κ1) is 10.5. The Kier molecular flexibility index (Phi) is 2.69. The zero-order valence-corrected chi connectivity index (χ0v) is 10.1. The van der Waals surface area contributed by atoms with Crippen molar-refractivity contribution in [2.75, 3.05) is 0 Å². The van der Waals surface area contributed by atoms with Gasteiger partial charge in [-0.05, 0) is 41.6 Å². The molecule has 0 N–H and O–H groups in total. The summed E-state index contributed by atoms with van der Waals surface area (Å²) in [6.07, 6.45) is 1.49. The van der Waals surface area contributed by atoms with E-state index in [2.05, 4.69) is 6.07 Å². The van der Waals surface area contributed by atoms with Gasteiger partial charge in [0.25, 0.3) is 0 Å². The molecule has 0 fully saturated rings. The van der Waals surface area contributed by atoms with Crippen LogP contribution < -0.4 is 4.74 Å². The van der Waals surface area contributed by atoms with E-state index in [9.17, 15) is 4.79 Å². The second-order valence-corrected chi connectivity index (χ2v) is 5.14. The Labute approximate surface area is 104 Å². The number of hydrogen-bond acceptors (Lipinski definition) is 3. The van der Waals surface area contributed by atoms with E-state index in [1.165, 1.54) is 4.88 Å². The van der Waals surface area contributed by atoms with Crippen molar-refractivity contribution in [1.82, 2.24) is 0 Å². The van der Waals surface area contributed by atoms with Gasteiger partial charge in [0.1, 0.15) is 12.4 Å². The van der Waals surface area contributed by atoms with Gasteiger partial charge >= 0.3 is 0 Å². The lowest BCUT2D eigenvalue weighted by molar-refractivity contribution is 0.0994. The monoisotopic (exact) mass is 244 g/mol. The molecule has 0 aliphatic heterocycles. The first-order chi connectivity index (χ1) is 8.33. The molecular formula is C14H12O2S. The van der Waals surface area contributed by atoms with Gasteiger partial charge in [0, 0.05) is 16.9 Å². The molecule has 0 atom stereocenters. The van der Waals surface area contributed by atoms with Crippen molar-refractivity contribution in [3.63, 3.8) is 0 Å². The largest absolute Gasteiger partial charge is 0.488 e. The predicted octanol–water partition coefficient (Wildman–Crippen LogP) is 3.46. The van der Waals surface area contributed by atoms with E-state index in [0.29, 0.717) is 13.0 Å². The van der Waals surface area contributed by atoms with Crippen LogP contribution in [0.4, 0.5) is 0 Å². The maximum absolute atomic E-state index is 11.5. The first-order valence-corrected chi connectivity index (χ1v) is 6.52. The number of ketones is 1. The average Bonchev–Trinajstić information content (AvgIpc) is 2.97. The number of ether oxygens (including phenoxy) is 1. The number of rotatable bonds is 3. The molecule has 0 saturated carbocycles. The van der Waals surface area contributed by atoms with Crippen LogP contribution in [-0.2, 0) is 13.0 Å². The molecule has 1 aliphatic rings.